The summed E-state index contributed by atoms with van der Waals surface area (Å²) in [6.45, 7) is 3.56. The van der Waals surface area contributed by atoms with Gasteiger partial charge in [0.1, 0.15) is 11.5 Å². The number of hydrogen-bond acceptors (Lipinski definition) is 4. The van der Waals surface area contributed by atoms with Crippen molar-refractivity contribution in [3.8, 4) is 11.5 Å². The number of carbonyl (C=O) groups excluding carboxylic acids is 2. The number of ether oxygens (including phenoxy) is 2. The fraction of sp³-hybridized carbons (Fsp3) is 0.111. The lowest BCUT2D eigenvalue weighted by atomic mass is 9.91. The molecule has 0 atom stereocenters. The van der Waals surface area contributed by atoms with Gasteiger partial charge in [0, 0.05) is 12.8 Å². The van der Waals surface area contributed by atoms with Crippen LogP contribution in [0, 0.1) is 0 Å². The Morgan fingerprint density at radius 2 is 0.825 bits per heavy atom. The molecule has 0 saturated carbocycles. The van der Waals surface area contributed by atoms with E-state index < -0.39 is 0 Å². The predicted octanol–water partition coefficient (Wildman–Crippen LogP) is 8.96. The normalized spacial score (nSPS) is 11.4. The van der Waals surface area contributed by atoms with Crippen molar-refractivity contribution in [1.29, 1.82) is 0 Å². The van der Waals surface area contributed by atoms with Crippen LogP contribution in [-0.4, -0.2) is 11.9 Å². The van der Waals surface area contributed by atoms with Gasteiger partial charge in [-0.3, -0.25) is 9.59 Å². The molecule has 4 heteroatoms. The second kappa shape index (κ2) is 12.3. The van der Waals surface area contributed by atoms with Gasteiger partial charge in [0.15, 0.2) is 0 Å². The van der Waals surface area contributed by atoms with Gasteiger partial charge in [-0.05, 0) is 68.1 Å². The lowest BCUT2D eigenvalue weighted by Gasteiger charge is -2.13. The number of esters is 2. The van der Waals surface area contributed by atoms with Gasteiger partial charge in [-0.1, -0.05) is 111 Å². The second-order valence-corrected chi connectivity index (χ2v) is 9.38. The minimum Gasteiger partial charge on any atom is -0.427 e. The fourth-order valence-electron chi connectivity index (χ4n) is 4.62. The van der Waals surface area contributed by atoms with Crippen LogP contribution in [0.5, 0.6) is 11.5 Å². The molecule has 0 aliphatic rings. The van der Waals surface area contributed by atoms with Crippen molar-refractivity contribution in [2.45, 2.75) is 26.7 Å². The minimum atomic E-state index is -0.245. The number of hydrogen-bond donors (Lipinski definition) is 0. The maximum Gasteiger partial charge on any atom is 0.310 e. The molecule has 0 radical (unpaired) electrons. The quantitative estimate of drug-likeness (QED) is 0.0876. The van der Waals surface area contributed by atoms with E-state index >= 15 is 0 Å². The highest BCUT2D eigenvalue weighted by atomic mass is 16.5. The van der Waals surface area contributed by atoms with E-state index in [1.54, 1.807) is 13.8 Å². The monoisotopic (exact) mass is 526 g/mol. The van der Waals surface area contributed by atoms with Gasteiger partial charge in [0.25, 0.3) is 0 Å². The second-order valence-electron chi connectivity index (χ2n) is 9.38. The Hall–Kier alpha value is -4.96. The molecule has 0 spiro atoms. The maximum atomic E-state index is 11.6. The summed E-state index contributed by atoms with van der Waals surface area (Å²) in [5.41, 5.74) is 4.32. The Morgan fingerprint density at radius 3 is 1.12 bits per heavy atom. The molecule has 4 nitrogen and oxygen atoms in total. The standard InChI is InChI=1S/C36H30O4/c1-3-35(37)39-27-19-13-25(14-20-27)17-23-33-29-9-5-7-11-31(29)34(32-12-8-6-10-30(32)33)24-18-26-15-21-28(22-16-26)40-36(38)4-2/h5-24H,3-4H2,1-2H3/b23-17+,24-18+. The third kappa shape index (κ3) is 6.02. The van der Waals surface area contributed by atoms with E-state index in [4.69, 9.17) is 9.47 Å². The predicted molar refractivity (Wildman–Crippen MR) is 164 cm³/mol. The Morgan fingerprint density at radius 1 is 0.500 bits per heavy atom. The fourth-order valence-corrected chi connectivity index (χ4v) is 4.62. The van der Waals surface area contributed by atoms with Crippen molar-refractivity contribution in [1.82, 2.24) is 0 Å². The molecule has 5 rings (SSSR count). The van der Waals surface area contributed by atoms with Crippen molar-refractivity contribution in [3.63, 3.8) is 0 Å². The van der Waals surface area contributed by atoms with Crippen molar-refractivity contribution >= 4 is 57.8 Å². The summed E-state index contributed by atoms with van der Waals surface area (Å²) in [5.74, 6) is 0.607. The van der Waals surface area contributed by atoms with E-state index in [9.17, 15) is 9.59 Å². The van der Waals surface area contributed by atoms with E-state index in [-0.39, 0.29) is 11.9 Å². The smallest absolute Gasteiger partial charge is 0.310 e. The molecule has 40 heavy (non-hydrogen) atoms. The lowest BCUT2D eigenvalue weighted by Crippen LogP contribution is -2.05. The zero-order valence-electron chi connectivity index (χ0n) is 22.6. The van der Waals surface area contributed by atoms with E-state index in [2.05, 4.69) is 72.8 Å². The highest BCUT2D eigenvalue weighted by Crippen LogP contribution is 2.35. The van der Waals surface area contributed by atoms with Crippen molar-refractivity contribution in [2.24, 2.45) is 0 Å². The number of carbonyl (C=O) groups is 2. The van der Waals surface area contributed by atoms with Crippen LogP contribution in [0.4, 0.5) is 0 Å². The molecular formula is C36H30O4. The van der Waals surface area contributed by atoms with Crippen LogP contribution in [0.2, 0.25) is 0 Å². The lowest BCUT2D eigenvalue weighted by molar-refractivity contribution is -0.134. The Kier molecular flexibility index (Phi) is 8.17. The minimum absolute atomic E-state index is 0.245. The third-order valence-electron chi connectivity index (χ3n) is 6.70. The molecule has 0 aliphatic carbocycles. The topological polar surface area (TPSA) is 52.6 Å². The Bertz CT molecular complexity index is 1540. The Labute approximate surface area is 234 Å². The number of fused-ring (bicyclic) bond motifs is 2. The van der Waals surface area contributed by atoms with Crippen LogP contribution in [0.1, 0.15) is 48.9 Å². The maximum absolute atomic E-state index is 11.6. The van der Waals surface area contributed by atoms with E-state index in [0.717, 1.165) is 43.8 Å². The SMILES string of the molecule is CCC(=O)Oc1ccc(/C=C/c2c3ccccc3c(/C=C/c3ccc(OC(=O)CC)cc3)c3ccccc23)cc1. The average molecular weight is 527 g/mol. The molecular weight excluding hydrogens is 496 g/mol. The summed E-state index contributed by atoms with van der Waals surface area (Å²) in [4.78, 5) is 23.2. The van der Waals surface area contributed by atoms with Crippen LogP contribution in [0.15, 0.2) is 97.1 Å². The molecule has 0 heterocycles. The third-order valence-corrected chi connectivity index (χ3v) is 6.70. The first-order valence-electron chi connectivity index (χ1n) is 13.5. The summed E-state index contributed by atoms with van der Waals surface area (Å²) < 4.78 is 10.6. The molecule has 0 aromatic heterocycles. The molecule has 0 fully saturated rings. The van der Waals surface area contributed by atoms with Gasteiger partial charge in [-0.25, -0.2) is 0 Å². The molecule has 0 saturated heterocycles. The van der Waals surface area contributed by atoms with Crippen LogP contribution in [0.3, 0.4) is 0 Å². The van der Waals surface area contributed by atoms with Crippen molar-refractivity contribution in [3.05, 3.63) is 119 Å². The molecule has 0 amide bonds. The largest absolute Gasteiger partial charge is 0.427 e. The van der Waals surface area contributed by atoms with Crippen molar-refractivity contribution in [2.75, 3.05) is 0 Å². The zero-order valence-corrected chi connectivity index (χ0v) is 22.6. The van der Waals surface area contributed by atoms with Gasteiger partial charge < -0.3 is 9.47 Å². The highest BCUT2D eigenvalue weighted by Gasteiger charge is 2.11. The first-order valence-corrected chi connectivity index (χ1v) is 13.5. The molecule has 198 valence electrons. The van der Waals surface area contributed by atoms with E-state index in [1.165, 1.54) is 0 Å². The van der Waals surface area contributed by atoms with Gasteiger partial charge in [0.2, 0.25) is 0 Å². The molecule has 5 aromatic carbocycles. The first-order chi connectivity index (χ1) is 19.6. The average Bonchev–Trinajstić information content (AvgIpc) is 3.00. The number of benzene rings is 5. The van der Waals surface area contributed by atoms with Gasteiger partial charge >= 0.3 is 11.9 Å². The molecule has 5 aromatic rings. The van der Waals surface area contributed by atoms with Crippen LogP contribution in [-0.2, 0) is 9.59 Å². The summed E-state index contributed by atoms with van der Waals surface area (Å²) in [6.07, 6.45) is 9.16. The van der Waals surface area contributed by atoms with E-state index in [0.29, 0.717) is 24.3 Å². The van der Waals surface area contributed by atoms with Gasteiger partial charge in [-0.2, -0.15) is 0 Å². The van der Waals surface area contributed by atoms with Crippen LogP contribution >= 0.6 is 0 Å². The number of rotatable bonds is 8. The van der Waals surface area contributed by atoms with Gasteiger partial charge in [0.05, 0.1) is 0 Å². The Balaban J connectivity index is 1.51. The van der Waals surface area contributed by atoms with Crippen LogP contribution in [0.25, 0.3) is 45.8 Å². The first kappa shape index (κ1) is 26.6. The molecule has 0 bridgehead atoms. The summed E-state index contributed by atoms with van der Waals surface area (Å²) in [5, 5.41) is 4.64. The highest BCUT2D eigenvalue weighted by molar-refractivity contribution is 6.14. The van der Waals surface area contributed by atoms with Gasteiger partial charge in [-0.15, -0.1) is 0 Å². The molecule has 0 N–H and O–H groups in total. The summed E-state index contributed by atoms with van der Waals surface area (Å²) in [7, 11) is 0. The summed E-state index contributed by atoms with van der Waals surface area (Å²) in [6, 6.07) is 31.9. The van der Waals surface area contributed by atoms with E-state index in [1.807, 2.05) is 48.5 Å². The zero-order chi connectivity index (χ0) is 27.9. The van der Waals surface area contributed by atoms with Crippen molar-refractivity contribution < 1.29 is 19.1 Å². The summed E-state index contributed by atoms with van der Waals surface area (Å²) >= 11 is 0. The molecule has 0 unspecified atom stereocenters. The molecule has 0 aliphatic heterocycles. The van der Waals surface area contributed by atoms with Crippen LogP contribution < -0.4 is 9.47 Å².